The molecule has 0 radical (unpaired) electrons. The maximum atomic E-state index is 13.6. The second-order valence-corrected chi connectivity index (χ2v) is 10.9. The van der Waals surface area contributed by atoms with Crippen LogP contribution >= 0.6 is 0 Å². The lowest BCUT2D eigenvalue weighted by molar-refractivity contribution is 0.0223. The summed E-state index contributed by atoms with van der Waals surface area (Å²) in [7, 11) is -4.05. The minimum absolute atomic E-state index is 0.00596. The molecule has 1 aromatic heterocycles. The number of amides is 1. The van der Waals surface area contributed by atoms with E-state index in [0.717, 1.165) is 6.20 Å². The fourth-order valence-electron chi connectivity index (χ4n) is 4.41. The number of carbonyl (C=O) groups is 1. The normalized spacial score (nSPS) is 22.3. The Hall–Kier alpha value is -2.33. The van der Waals surface area contributed by atoms with Gasteiger partial charge in [0.15, 0.2) is 0 Å². The van der Waals surface area contributed by atoms with Crippen LogP contribution in [-0.2, 0) is 14.8 Å². The summed E-state index contributed by atoms with van der Waals surface area (Å²) < 4.78 is 60.9. The Kier molecular flexibility index (Phi) is 5.41. The fraction of sp³-hybridized carbons (Fsp3) is 0.524. The molecule has 0 N–H and O–H groups in total. The molecule has 4 rings (SSSR count). The zero-order valence-corrected chi connectivity index (χ0v) is 18.4. The average Bonchev–Trinajstić information content (AvgIpc) is 3.26. The van der Waals surface area contributed by atoms with E-state index >= 15 is 0 Å². The Morgan fingerprint density at radius 1 is 1.23 bits per heavy atom. The molecule has 0 aliphatic carbocycles. The average molecular weight is 454 g/mol. The smallest absolute Gasteiger partial charge is 0.410 e. The van der Waals surface area contributed by atoms with Gasteiger partial charge in [-0.1, -0.05) is 12.1 Å². The number of hydrogen-bond acceptors (Lipinski definition) is 5. The number of halogens is 2. The van der Waals surface area contributed by atoms with Crippen molar-refractivity contribution < 1.29 is 26.7 Å². The van der Waals surface area contributed by atoms with Crippen molar-refractivity contribution in [2.75, 3.05) is 19.6 Å². The first-order valence-corrected chi connectivity index (χ1v) is 11.6. The zero-order chi connectivity index (χ0) is 22.6. The van der Waals surface area contributed by atoms with Gasteiger partial charge in [0.05, 0.1) is 10.9 Å². The first-order valence-electron chi connectivity index (χ1n) is 10.1. The van der Waals surface area contributed by atoms with Crippen LogP contribution in [0.3, 0.4) is 0 Å². The quantitative estimate of drug-likeness (QED) is 0.706. The van der Waals surface area contributed by atoms with Crippen molar-refractivity contribution in [3.63, 3.8) is 0 Å². The number of ether oxygens (including phenoxy) is 1. The lowest BCUT2D eigenvalue weighted by Crippen LogP contribution is -2.43. The van der Waals surface area contributed by atoms with Crippen molar-refractivity contribution in [2.24, 2.45) is 5.92 Å². The molecule has 10 heteroatoms. The molecule has 1 amide bonds. The number of likely N-dealkylation sites (tertiary alicyclic amines) is 1. The molecular formula is C21H25F2N3O4S. The Morgan fingerprint density at radius 3 is 2.65 bits per heavy atom. The molecule has 2 atom stereocenters. The standard InChI is InChI=1S/C21H25F2N3O4S/c1-21(2,3)30-20(27)26-8-7-14-11-25(12-16(14)26)31(28,29)17-6-4-5-13-9-24-10-15(18(13)17)19(22)23/h4-6,9-10,14,16,19H,7-8,11-12H2,1-3H3. The van der Waals surface area contributed by atoms with Gasteiger partial charge in [-0.15, -0.1) is 0 Å². The molecule has 3 heterocycles. The highest BCUT2D eigenvalue weighted by Crippen LogP contribution is 2.38. The molecule has 168 valence electrons. The molecule has 0 bridgehead atoms. The summed E-state index contributed by atoms with van der Waals surface area (Å²) in [5.74, 6) is -0.0199. The van der Waals surface area contributed by atoms with Crippen LogP contribution in [0, 0.1) is 5.92 Å². The summed E-state index contributed by atoms with van der Waals surface area (Å²) in [5.41, 5.74) is -1.06. The maximum absolute atomic E-state index is 13.6. The molecule has 2 aromatic rings. The molecule has 1 aromatic carbocycles. The van der Waals surface area contributed by atoms with Gasteiger partial charge in [-0.3, -0.25) is 4.98 Å². The molecule has 7 nitrogen and oxygen atoms in total. The van der Waals surface area contributed by atoms with Crippen LogP contribution in [-0.4, -0.2) is 60.0 Å². The Morgan fingerprint density at radius 2 is 1.97 bits per heavy atom. The van der Waals surface area contributed by atoms with Crippen LogP contribution in [0.2, 0.25) is 0 Å². The number of alkyl halides is 2. The lowest BCUT2D eigenvalue weighted by Gasteiger charge is -2.28. The Labute approximate surface area is 180 Å². The van der Waals surface area contributed by atoms with Crippen LogP contribution in [0.25, 0.3) is 10.8 Å². The van der Waals surface area contributed by atoms with Crippen molar-refractivity contribution in [1.29, 1.82) is 0 Å². The molecule has 2 saturated heterocycles. The second kappa shape index (κ2) is 7.67. The van der Waals surface area contributed by atoms with Gasteiger partial charge in [0.1, 0.15) is 5.60 Å². The third kappa shape index (κ3) is 3.98. The van der Waals surface area contributed by atoms with Crippen LogP contribution in [0.4, 0.5) is 13.6 Å². The molecule has 2 fully saturated rings. The molecule has 2 aliphatic heterocycles. The van der Waals surface area contributed by atoms with Crippen molar-refractivity contribution >= 4 is 26.9 Å². The number of sulfonamides is 1. The van der Waals surface area contributed by atoms with Crippen LogP contribution in [0.5, 0.6) is 0 Å². The minimum Gasteiger partial charge on any atom is -0.444 e. The fourth-order valence-corrected chi connectivity index (χ4v) is 6.17. The molecule has 31 heavy (non-hydrogen) atoms. The number of rotatable bonds is 3. The van der Waals surface area contributed by atoms with Crippen LogP contribution in [0.15, 0.2) is 35.5 Å². The highest BCUT2D eigenvalue weighted by Gasteiger charge is 2.48. The first kappa shape index (κ1) is 21.9. The molecule has 2 aliphatic rings. The third-order valence-electron chi connectivity index (χ3n) is 5.77. The Balaban J connectivity index is 1.66. The van der Waals surface area contributed by atoms with Crippen molar-refractivity contribution in [2.45, 2.75) is 50.2 Å². The SMILES string of the molecule is CC(C)(C)OC(=O)N1CCC2CN(S(=O)(=O)c3cccc4cncc(C(F)F)c34)CC21. The van der Waals surface area contributed by atoms with Crippen molar-refractivity contribution in [3.8, 4) is 0 Å². The van der Waals surface area contributed by atoms with Gasteiger partial charge in [-0.2, -0.15) is 4.31 Å². The van der Waals surface area contributed by atoms with E-state index in [-0.39, 0.29) is 35.3 Å². The molecule has 0 saturated carbocycles. The lowest BCUT2D eigenvalue weighted by atomic mass is 10.1. The van der Waals surface area contributed by atoms with Crippen LogP contribution < -0.4 is 0 Å². The van der Waals surface area contributed by atoms with E-state index in [0.29, 0.717) is 18.4 Å². The summed E-state index contributed by atoms with van der Waals surface area (Å²) in [6.07, 6.45) is -0.265. The summed E-state index contributed by atoms with van der Waals surface area (Å²) in [6, 6.07) is 4.14. The zero-order valence-electron chi connectivity index (χ0n) is 17.6. The van der Waals surface area contributed by atoms with Gasteiger partial charge >= 0.3 is 6.09 Å². The summed E-state index contributed by atoms with van der Waals surface area (Å²) >= 11 is 0. The molecular weight excluding hydrogens is 428 g/mol. The van der Waals surface area contributed by atoms with E-state index in [9.17, 15) is 22.0 Å². The maximum Gasteiger partial charge on any atom is 0.410 e. The number of nitrogens with zero attached hydrogens (tertiary/aromatic N) is 3. The summed E-state index contributed by atoms with van der Waals surface area (Å²) in [6.45, 7) is 6.18. The third-order valence-corrected chi connectivity index (χ3v) is 7.64. The summed E-state index contributed by atoms with van der Waals surface area (Å²) in [5, 5.41) is 0.335. The topological polar surface area (TPSA) is 79.8 Å². The van der Waals surface area contributed by atoms with Crippen LogP contribution in [0.1, 0.15) is 39.2 Å². The van der Waals surface area contributed by atoms with Gasteiger partial charge in [0.2, 0.25) is 10.0 Å². The number of carbonyl (C=O) groups excluding carboxylic acids is 1. The van der Waals surface area contributed by atoms with E-state index in [1.807, 2.05) is 0 Å². The van der Waals surface area contributed by atoms with Crippen molar-refractivity contribution in [1.82, 2.24) is 14.2 Å². The highest BCUT2D eigenvalue weighted by molar-refractivity contribution is 7.89. The number of fused-ring (bicyclic) bond motifs is 2. The Bertz CT molecular complexity index is 1110. The minimum atomic E-state index is -4.05. The van der Waals surface area contributed by atoms with Gasteiger partial charge in [0, 0.05) is 48.4 Å². The largest absolute Gasteiger partial charge is 0.444 e. The van der Waals surface area contributed by atoms with E-state index < -0.39 is 33.7 Å². The predicted molar refractivity (Wildman–Crippen MR) is 110 cm³/mol. The first-order chi connectivity index (χ1) is 14.5. The number of hydrogen-bond donors (Lipinski definition) is 0. The van der Waals surface area contributed by atoms with Gasteiger partial charge < -0.3 is 9.64 Å². The molecule has 2 unspecified atom stereocenters. The number of benzene rings is 1. The highest BCUT2D eigenvalue weighted by atomic mass is 32.2. The predicted octanol–water partition coefficient (Wildman–Crippen LogP) is 3.80. The van der Waals surface area contributed by atoms with E-state index in [4.69, 9.17) is 4.74 Å². The number of aromatic nitrogens is 1. The van der Waals surface area contributed by atoms with Gasteiger partial charge in [-0.25, -0.2) is 22.0 Å². The van der Waals surface area contributed by atoms with Gasteiger partial charge in [-0.05, 0) is 39.2 Å². The van der Waals surface area contributed by atoms with Crippen molar-refractivity contribution in [3.05, 3.63) is 36.2 Å². The number of pyridine rings is 1. The van der Waals surface area contributed by atoms with Gasteiger partial charge in [0.25, 0.3) is 6.43 Å². The van der Waals surface area contributed by atoms with E-state index in [1.54, 1.807) is 31.7 Å². The summed E-state index contributed by atoms with van der Waals surface area (Å²) in [4.78, 5) is 17.8. The molecule has 0 spiro atoms. The van der Waals surface area contributed by atoms with E-state index in [2.05, 4.69) is 4.98 Å². The second-order valence-electron chi connectivity index (χ2n) is 9.00. The monoisotopic (exact) mass is 453 g/mol. The van der Waals surface area contributed by atoms with E-state index in [1.165, 1.54) is 22.6 Å².